The highest BCUT2D eigenvalue weighted by molar-refractivity contribution is 5.32. The summed E-state index contributed by atoms with van der Waals surface area (Å²) >= 11 is 0. The monoisotopic (exact) mass is 215 g/mol. The van der Waals surface area contributed by atoms with Crippen LogP contribution >= 0.6 is 0 Å². The number of rotatable bonds is 3. The molecule has 1 aromatic heterocycles. The van der Waals surface area contributed by atoms with Crippen LogP contribution in [0.5, 0.6) is 5.75 Å². The van der Waals surface area contributed by atoms with Gasteiger partial charge in [-0.15, -0.1) is 0 Å². The van der Waals surface area contributed by atoms with Crippen molar-refractivity contribution >= 4 is 0 Å². The number of methoxy groups -OCH3 is 1. The van der Waals surface area contributed by atoms with E-state index in [1.54, 1.807) is 25.6 Å². The lowest BCUT2D eigenvalue weighted by Gasteiger charge is -2.11. The maximum atomic E-state index is 6.06. The van der Waals surface area contributed by atoms with Crippen LogP contribution in [0.2, 0.25) is 0 Å². The summed E-state index contributed by atoms with van der Waals surface area (Å²) in [5.41, 5.74) is 7.00. The van der Waals surface area contributed by atoms with E-state index in [0.717, 1.165) is 11.3 Å². The smallest absolute Gasteiger partial charge is 0.149 e. The summed E-state index contributed by atoms with van der Waals surface area (Å²) < 4.78 is 5.14. The molecule has 0 aliphatic rings. The van der Waals surface area contributed by atoms with Gasteiger partial charge in [-0.2, -0.15) is 0 Å². The molecule has 0 saturated heterocycles. The molecule has 0 aliphatic heterocycles. The first kappa shape index (κ1) is 10.6. The topological polar surface area (TPSA) is 61.0 Å². The molecule has 0 bridgehead atoms. The van der Waals surface area contributed by atoms with Crippen molar-refractivity contribution in [3.8, 4) is 5.75 Å². The Bertz CT molecular complexity index is 459. The lowest BCUT2D eigenvalue weighted by Crippen LogP contribution is -2.15. The van der Waals surface area contributed by atoms with Crippen LogP contribution in [0, 0.1) is 0 Å². The Hall–Kier alpha value is -1.94. The molecule has 16 heavy (non-hydrogen) atoms. The number of hydrogen-bond donors (Lipinski definition) is 1. The normalized spacial score (nSPS) is 12.1. The average molecular weight is 215 g/mol. The third-order valence-corrected chi connectivity index (χ3v) is 2.32. The van der Waals surface area contributed by atoms with Crippen LogP contribution in [0.3, 0.4) is 0 Å². The summed E-state index contributed by atoms with van der Waals surface area (Å²) in [6.07, 6.45) is 3.37. The maximum absolute atomic E-state index is 6.06. The van der Waals surface area contributed by atoms with Gasteiger partial charge in [0.05, 0.1) is 13.2 Å². The third kappa shape index (κ3) is 2.17. The fraction of sp³-hybridized carbons (Fsp3) is 0.167. The summed E-state index contributed by atoms with van der Waals surface area (Å²) in [5.74, 6) is 1.39. The van der Waals surface area contributed by atoms with Crippen molar-refractivity contribution in [2.45, 2.75) is 6.04 Å². The highest BCUT2D eigenvalue weighted by Crippen LogP contribution is 2.20. The van der Waals surface area contributed by atoms with Crippen LogP contribution < -0.4 is 10.5 Å². The molecular formula is C12H13N3O. The van der Waals surface area contributed by atoms with Gasteiger partial charge in [0.25, 0.3) is 0 Å². The van der Waals surface area contributed by atoms with Crippen LogP contribution in [0.1, 0.15) is 17.4 Å². The van der Waals surface area contributed by atoms with Crippen molar-refractivity contribution in [2.24, 2.45) is 5.73 Å². The summed E-state index contributed by atoms with van der Waals surface area (Å²) in [5, 5.41) is 0. The van der Waals surface area contributed by atoms with Crippen molar-refractivity contribution in [1.82, 2.24) is 9.97 Å². The van der Waals surface area contributed by atoms with Gasteiger partial charge < -0.3 is 10.5 Å². The van der Waals surface area contributed by atoms with E-state index < -0.39 is 0 Å². The molecule has 4 heteroatoms. The van der Waals surface area contributed by atoms with Crippen molar-refractivity contribution in [2.75, 3.05) is 7.11 Å². The highest BCUT2D eigenvalue weighted by Gasteiger charge is 2.11. The Kier molecular flexibility index (Phi) is 3.12. The molecule has 82 valence electrons. The van der Waals surface area contributed by atoms with E-state index in [0.29, 0.717) is 5.82 Å². The minimum atomic E-state index is -0.323. The van der Waals surface area contributed by atoms with Crippen molar-refractivity contribution in [3.05, 3.63) is 54.1 Å². The molecular weight excluding hydrogens is 202 g/mol. The van der Waals surface area contributed by atoms with E-state index >= 15 is 0 Å². The maximum Gasteiger partial charge on any atom is 0.149 e. The van der Waals surface area contributed by atoms with Gasteiger partial charge in [0.2, 0.25) is 0 Å². The number of ether oxygens (including phenoxy) is 1. The standard InChI is InChI=1S/C12H13N3O/c1-16-10-5-2-4-9(8-10)11(13)12-14-6-3-7-15-12/h2-8,11H,13H2,1H3/t11-/m1/s1. The van der Waals surface area contributed by atoms with Crippen LogP contribution in [0.4, 0.5) is 0 Å². The molecule has 0 saturated carbocycles. The van der Waals surface area contributed by atoms with E-state index in [4.69, 9.17) is 10.5 Å². The van der Waals surface area contributed by atoms with Crippen LogP contribution in [-0.2, 0) is 0 Å². The summed E-state index contributed by atoms with van der Waals surface area (Å²) in [6, 6.07) is 9.04. The molecule has 1 aromatic carbocycles. The van der Waals surface area contributed by atoms with E-state index in [-0.39, 0.29) is 6.04 Å². The van der Waals surface area contributed by atoms with Gasteiger partial charge in [0, 0.05) is 12.4 Å². The van der Waals surface area contributed by atoms with Crippen molar-refractivity contribution < 1.29 is 4.74 Å². The van der Waals surface area contributed by atoms with Gasteiger partial charge in [0.15, 0.2) is 0 Å². The van der Waals surface area contributed by atoms with E-state index in [1.165, 1.54) is 0 Å². The molecule has 2 rings (SSSR count). The van der Waals surface area contributed by atoms with Gasteiger partial charge in [-0.3, -0.25) is 0 Å². The summed E-state index contributed by atoms with van der Waals surface area (Å²) in [4.78, 5) is 8.27. The molecule has 4 nitrogen and oxygen atoms in total. The second-order valence-corrected chi connectivity index (χ2v) is 3.36. The van der Waals surface area contributed by atoms with Gasteiger partial charge in [-0.25, -0.2) is 9.97 Å². The van der Waals surface area contributed by atoms with E-state index in [2.05, 4.69) is 9.97 Å². The quantitative estimate of drug-likeness (QED) is 0.843. The SMILES string of the molecule is COc1cccc([C@@H](N)c2ncccn2)c1. The number of hydrogen-bond acceptors (Lipinski definition) is 4. The minimum absolute atomic E-state index is 0.323. The molecule has 0 spiro atoms. The number of benzene rings is 1. The van der Waals surface area contributed by atoms with Crippen LogP contribution in [-0.4, -0.2) is 17.1 Å². The number of nitrogens with zero attached hydrogens (tertiary/aromatic N) is 2. The zero-order chi connectivity index (χ0) is 11.4. The molecule has 0 aliphatic carbocycles. The predicted molar refractivity (Wildman–Crippen MR) is 61.1 cm³/mol. The van der Waals surface area contributed by atoms with Gasteiger partial charge >= 0.3 is 0 Å². The lowest BCUT2D eigenvalue weighted by atomic mass is 10.1. The Morgan fingerprint density at radius 1 is 1.19 bits per heavy atom. The number of aromatic nitrogens is 2. The minimum Gasteiger partial charge on any atom is -0.497 e. The largest absolute Gasteiger partial charge is 0.497 e. The van der Waals surface area contributed by atoms with Crippen LogP contribution in [0.15, 0.2) is 42.7 Å². The fourth-order valence-corrected chi connectivity index (χ4v) is 1.46. The fourth-order valence-electron chi connectivity index (χ4n) is 1.46. The van der Waals surface area contributed by atoms with Gasteiger partial charge in [0.1, 0.15) is 11.6 Å². The molecule has 0 amide bonds. The Labute approximate surface area is 94.1 Å². The summed E-state index contributed by atoms with van der Waals surface area (Å²) in [7, 11) is 1.63. The van der Waals surface area contributed by atoms with E-state index in [9.17, 15) is 0 Å². The van der Waals surface area contributed by atoms with Crippen LogP contribution in [0.25, 0.3) is 0 Å². The molecule has 2 aromatic rings. The first-order valence-corrected chi connectivity index (χ1v) is 4.97. The van der Waals surface area contributed by atoms with Crippen molar-refractivity contribution in [3.63, 3.8) is 0 Å². The molecule has 0 radical (unpaired) electrons. The Balaban J connectivity index is 2.30. The van der Waals surface area contributed by atoms with Gasteiger partial charge in [-0.05, 0) is 23.8 Å². The second-order valence-electron chi connectivity index (χ2n) is 3.36. The predicted octanol–water partition coefficient (Wildman–Crippen LogP) is 1.53. The molecule has 0 unspecified atom stereocenters. The molecule has 1 atom stereocenters. The summed E-state index contributed by atoms with van der Waals surface area (Å²) in [6.45, 7) is 0. The Morgan fingerprint density at radius 2 is 1.94 bits per heavy atom. The Morgan fingerprint density at radius 3 is 2.62 bits per heavy atom. The van der Waals surface area contributed by atoms with Crippen molar-refractivity contribution in [1.29, 1.82) is 0 Å². The number of nitrogens with two attached hydrogens (primary N) is 1. The average Bonchev–Trinajstić information content (AvgIpc) is 2.39. The first-order chi connectivity index (χ1) is 7.81. The highest BCUT2D eigenvalue weighted by atomic mass is 16.5. The van der Waals surface area contributed by atoms with E-state index in [1.807, 2.05) is 24.3 Å². The third-order valence-electron chi connectivity index (χ3n) is 2.32. The lowest BCUT2D eigenvalue weighted by molar-refractivity contribution is 0.414. The molecule has 2 N–H and O–H groups in total. The molecule has 0 fully saturated rings. The zero-order valence-corrected chi connectivity index (χ0v) is 9.00. The second kappa shape index (κ2) is 4.72. The first-order valence-electron chi connectivity index (χ1n) is 4.97. The van der Waals surface area contributed by atoms with Gasteiger partial charge in [-0.1, -0.05) is 12.1 Å². The zero-order valence-electron chi connectivity index (χ0n) is 9.00. The molecule has 1 heterocycles.